The number of sulfonamides is 1. The topological polar surface area (TPSA) is 64.6 Å². The Hall–Kier alpha value is -1.27. The van der Waals surface area contributed by atoms with Crippen LogP contribution in [0.2, 0.25) is 0 Å². The van der Waals surface area contributed by atoms with Crippen molar-refractivity contribution in [3.8, 4) is 11.5 Å². The average molecular weight is 287 g/mol. The number of hydrogen-bond acceptors (Lipinski definition) is 4. The molecule has 0 aliphatic carbocycles. The third-order valence-corrected chi connectivity index (χ3v) is 4.23. The summed E-state index contributed by atoms with van der Waals surface area (Å²) in [7, 11) is -0.584. The Morgan fingerprint density at radius 3 is 2.47 bits per heavy atom. The fourth-order valence-electron chi connectivity index (χ4n) is 1.66. The van der Waals surface area contributed by atoms with Gasteiger partial charge in [0.15, 0.2) is 0 Å². The van der Waals surface area contributed by atoms with Gasteiger partial charge in [-0.3, -0.25) is 0 Å². The zero-order chi connectivity index (χ0) is 14.3. The van der Waals surface area contributed by atoms with Gasteiger partial charge in [0.25, 0.3) is 0 Å². The van der Waals surface area contributed by atoms with E-state index in [9.17, 15) is 8.42 Å². The number of unbranched alkanes of at least 4 members (excludes halogenated alkanes) is 2. The predicted molar refractivity (Wildman–Crippen MR) is 74.3 cm³/mol. The average Bonchev–Trinajstić information content (AvgIpc) is 2.42. The van der Waals surface area contributed by atoms with Crippen molar-refractivity contribution in [1.29, 1.82) is 0 Å². The summed E-state index contributed by atoms with van der Waals surface area (Å²) >= 11 is 0. The van der Waals surface area contributed by atoms with Crippen molar-refractivity contribution in [2.45, 2.75) is 31.1 Å². The molecule has 0 aliphatic rings. The number of benzene rings is 1. The SMILES string of the molecule is CCCCCNS(=O)(=O)c1ccc(OC)cc1OC. The standard InChI is InChI=1S/C13H21NO4S/c1-4-5-6-9-14-19(15,16)13-8-7-11(17-2)10-12(13)18-3/h7-8,10,14H,4-6,9H2,1-3H3. The molecule has 0 amide bonds. The molecule has 1 rings (SSSR count). The highest BCUT2D eigenvalue weighted by atomic mass is 32.2. The fourth-order valence-corrected chi connectivity index (χ4v) is 2.88. The van der Waals surface area contributed by atoms with E-state index in [1.54, 1.807) is 12.1 Å². The Labute approximate surface area is 115 Å². The van der Waals surface area contributed by atoms with Gasteiger partial charge in [0.1, 0.15) is 16.4 Å². The molecule has 5 nitrogen and oxygen atoms in total. The third kappa shape index (κ3) is 4.40. The first-order chi connectivity index (χ1) is 9.05. The molecule has 0 saturated carbocycles. The number of nitrogens with one attached hydrogen (secondary N) is 1. The van der Waals surface area contributed by atoms with Crippen LogP contribution in [0.25, 0.3) is 0 Å². The fraction of sp³-hybridized carbons (Fsp3) is 0.538. The smallest absolute Gasteiger partial charge is 0.244 e. The van der Waals surface area contributed by atoms with Gasteiger partial charge in [0, 0.05) is 12.6 Å². The van der Waals surface area contributed by atoms with Crippen LogP contribution in [0.1, 0.15) is 26.2 Å². The van der Waals surface area contributed by atoms with Crippen LogP contribution in [0.3, 0.4) is 0 Å². The van der Waals surface area contributed by atoms with Crippen molar-refractivity contribution in [2.75, 3.05) is 20.8 Å². The van der Waals surface area contributed by atoms with Crippen molar-refractivity contribution < 1.29 is 17.9 Å². The van der Waals surface area contributed by atoms with Crippen molar-refractivity contribution in [3.05, 3.63) is 18.2 Å². The van der Waals surface area contributed by atoms with Gasteiger partial charge in [0.05, 0.1) is 14.2 Å². The van der Waals surface area contributed by atoms with Crippen LogP contribution in [-0.4, -0.2) is 29.2 Å². The summed E-state index contributed by atoms with van der Waals surface area (Å²) in [4.78, 5) is 0.132. The molecule has 0 spiro atoms. The lowest BCUT2D eigenvalue weighted by atomic mass is 10.3. The molecule has 1 aromatic rings. The maximum Gasteiger partial charge on any atom is 0.244 e. The van der Waals surface area contributed by atoms with Crippen LogP contribution >= 0.6 is 0 Å². The first-order valence-electron chi connectivity index (χ1n) is 6.27. The summed E-state index contributed by atoms with van der Waals surface area (Å²) in [6.07, 6.45) is 2.88. The van der Waals surface area contributed by atoms with Crippen molar-refractivity contribution in [1.82, 2.24) is 4.72 Å². The first kappa shape index (κ1) is 15.8. The Morgan fingerprint density at radius 1 is 1.16 bits per heavy atom. The van der Waals surface area contributed by atoms with E-state index in [1.807, 2.05) is 0 Å². The van der Waals surface area contributed by atoms with Gasteiger partial charge in [0.2, 0.25) is 10.0 Å². The maximum atomic E-state index is 12.1. The zero-order valence-electron chi connectivity index (χ0n) is 11.6. The second kappa shape index (κ2) is 7.35. The van der Waals surface area contributed by atoms with Gasteiger partial charge in [-0.2, -0.15) is 0 Å². The minimum absolute atomic E-state index is 0.132. The van der Waals surface area contributed by atoms with Crippen LogP contribution in [0.4, 0.5) is 0 Å². The lowest BCUT2D eigenvalue weighted by Crippen LogP contribution is -2.25. The summed E-state index contributed by atoms with van der Waals surface area (Å²) in [6, 6.07) is 4.64. The molecule has 1 N–H and O–H groups in total. The molecule has 0 saturated heterocycles. The summed E-state index contributed by atoms with van der Waals surface area (Å²) in [5, 5.41) is 0. The maximum absolute atomic E-state index is 12.1. The first-order valence-corrected chi connectivity index (χ1v) is 7.75. The lowest BCUT2D eigenvalue weighted by molar-refractivity contribution is 0.386. The molecule has 0 fully saturated rings. The van der Waals surface area contributed by atoms with E-state index in [0.29, 0.717) is 12.3 Å². The Balaban J connectivity index is 2.88. The van der Waals surface area contributed by atoms with E-state index >= 15 is 0 Å². The predicted octanol–water partition coefficient (Wildman–Crippen LogP) is 2.17. The summed E-state index contributed by atoms with van der Waals surface area (Å²) in [5.41, 5.74) is 0. The molecule has 0 atom stereocenters. The lowest BCUT2D eigenvalue weighted by Gasteiger charge is -2.11. The van der Waals surface area contributed by atoms with E-state index in [0.717, 1.165) is 19.3 Å². The van der Waals surface area contributed by atoms with E-state index in [-0.39, 0.29) is 10.6 Å². The van der Waals surface area contributed by atoms with Crippen LogP contribution in [0.15, 0.2) is 23.1 Å². The van der Waals surface area contributed by atoms with Crippen LogP contribution < -0.4 is 14.2 Å². The molecule has 0 heterocycles. The molecule has 108 valence electrons. The summed E-state index contributed by atoms with van der Waals surface area (Å²) < 4.78 is 37.0. The monoisotopic (exact) mass is 287 g/mol. The van der Waals surface area contributed by atoms with E-state index in [4.69, 9.17) is 9.47 Å². The van der Waals surface area contributed by atoms with Crippen LogP contribution in [0.5, 0.6) is 11.5 Å². The highest BCUT2D eigenvalue weighted by Crippen LogP contribution is 2.28. The molecule has 0 bridgehead atoms. The van der Waals surface area contributed by atoms with E-state index in [2.05, 4.69) is 11.6 Å². The Kier molecular flexibility index (Phi) is 6.11. The molecular formula is C13H21NO4S. The molecule has 0 radical (unpaired) electrons. The third-order valence-electron chi connectivity index (χ3n) is 2.73. The van der Waals surface area contributed by atoms with Crippen LogP contribution in [0, 0.1) is 0 Å². The molecule has 1 aromatic carbocycles. The Morgan fingerprint density at radius 2 is 1.89 bits per heavy atom. The van der Waals surface area contributed by atoms with Gasteiger partial charge in [-0.15, -0.1) is 0 Å². The number of hydrogen-bond donors (Lipinski definition) is 1. The second-order valence-electron chi connectivity index (χ2n) is 4.12. The van der Waals surface area contributed by atoms with Gasteiger partial charge in [-0.05, 0) is 18.6 Å². The quantitative estimate of drug-likeness (QED) is 0.744. The normalized spacial score (nSPS) is 11.3. The van der Waals surface area contributed by atoms with Gasteiger partial charge in [-0.25, -0.2) is 13.1 Å². The number of ether oxygens (including phenoxy) is 2. The van der Waals surface area contributed by atoms with Crippen LogP contribution in [-0.2, 0) is 10.0 Å². The molecular weight excluding hydrogens is 266 g/mol. The number of rotatable bonds is 8. The molecule has 0 aliphatic heterocycles. The molecule has 6 heteroatoms. The Bertz CT molecular complexity index is 499. The summed E-state index contributed by atoms with van der Waals surface area (Å²) in [5.74, 6) is 0.837. The zero-order valence-corrected chi connectivity index (χ0v) is 12.4. The van der Waals surface area contributed by atoms with Crippen molar-refractivity contribution in [3.63, 3.8) is 0 Å². The minimum Gasteiger partial charge on any atom is -0.497 e. The van der Waals surface area contributed by atoms with Crippen molar-refractivity contribution >= 4 is 10.0 Å². The molecule has 0 unspecified atom stereocenters. The molecule has 0 aromatic heterocycles. The van der Waals surface area contributed by atoms with Crippen molar-refractivity contribution in [2.24, 2.45) is 0 Å². The van der Waals surface area contributed by atoms with E-state index in [1.165, 1.54) is 20.3 Å². The number of methoxy groups -OCH3 is 2. The molecule has 19 heavy (non-hydrogen) atoms. The summed E-state index contributed by atoms with van der Waals surface area (Å²) in [6.45, 7) is 2.51. The largest absolute Gasteiger partial charge is 0.497 e. The highest BCUT2D eigenvalue weighted by Gasteiger charge is 2.19. The van der Waals surface area contributed by atoms with Gasteiger partial charge < -0.3 is 9.47 Å². The minimum atomic E-state index is -3.54. The van der Waals surface area contributed by atoms with E-state index < -0.39 is 10.0 Å². The second-order valence-corrected chi connectivity index (χ2v) is 5.86. The van der Waals surface area contributed by atoms with Gasteiger partial charge in [-0.1, -0.05) is 19.8 Å². The highest BCUT2D eigenvalue weighted by molar-refractivity contribution is 7.89. The van der Waals surface area contributed by atoms with Gasteiger partial charge >= 0.3 is 0 Å².